The van der Waals surface area contributed by atoms with Gasteiger partial charge in [0.05, 0.1) is 22.3 Å². The van der Waals surface area contributed by atoms with E-state index in [0.29, 0.717) is 0 Å². The Bertz CT molecular complexity index is 3430. The van der Waals surface area contributed by atoms with Crippen molar-refractivity contribution >= 4 is 21.8 Å². The largest absolute Gasteiger partial charge is 0.507 e. The van der Waals surface area contributed by atoms with Crippen LogP contribution in [0.3, 0.4) is 0 Å². The van der Waals surface area contributed by atoms with Crippen LogP contribution < -0.4 is 0 Å². The van der Waals surface area contributed by atoms with Gasteiger partial charge in [-0.25, -0.2) is 4.98 Å². The number of phenolic OH excluding ortho intramolecular Hbond substituents is 1. The van der Waals surface area contributed by atoms with Gasteiger partial charge in [0.1, 0.15) is 11.6 Å². The third-order valence-electron chi connectivity index (χ3n) is 14.7. The molecule has 5 heteroatoms. The van der Waals surface area contributed by atoms with E-state index in [1.54, 1.807) is 0 Å². The van der Waals surface area contributed by atoms with E-state index in [1.165, 1.54) is 33.0 Å². The van der Waals surface area contributed by atoms with Gasteiger partial charge in [0, 0.05) is 43.9 Å². The van der Waals surface area contributed by atoms with Crippen LogP contribution in [0.1, 0.15) is 155 Å². The average molecular weight is 1130 g/mol. The summed E-state index contributed by atoms with van der Waals surface area (Å²) in [5.41, 5.74) is 16.8. The van der Waals surface area contributed by atoms with Gasteiger partial charge in [0.2, 0.25) is 0 Å². The van der Waals surface area contributed by atoms with Crippen molar-refractivity contribution in [3.8, 4) is 56.3 Å². The summed E-state index contributed by atoms with van der Waals surface area (Å²) < 4.78 is 2.39. The quantitative estimate of drug-likeness (QED) is 0.147. The monoisotopic (exact) mass is 1130 g/mol. The van der Waals surface area contributed by atoms with Gasteiger partial charge < -0.3 is 5.11 Å². The summed E-state index contributed by atoms with van der Waals surface area (Å²) in [6.45, 7) is 34.1. The van der Waals surface area contributed by atoms with Gasteiger partial charge in [-0.2, -0.15) is 0 Å². The Balaban J connectivity index is 0.00000693. The molecule has 0 spiro atoms. The Morgan fingerprint density at radius 1 is 0.514 bits per heavy atom. The summed E-state index contributed by atoms with van der Waals surface area (Å²) in [5.74, 6) is 1.38. The van der Waals surface area contributed by atoms with Crippen molar-refractivity contribution < 1.29 is 26.2 Å². The first-order valence-corrected chi connectivity index (χ1v) is 25.6. The Labute approximate surface area is 444 Å². The number of imidazole rings is 1. The van der Waals surface area contributed by atoms with E-state index in [4.69, 9.17) is 9.97 Å². The molecule has 9 rings (SSSR count). The van der Waals surface area contributed by atoms with E-state index in [0.717, 1.165) is 78.3 Å². The van der Waals surface area contributed by atoms with E-state index in [-0.39, 0.29) is 54.9 Å². The van der Waals surface area contributed by atoms with Crippen LogP contribution in [0, 0.1) is 6.07 Å². The first kappa shape index (κ1) is 52.2. The summed E-state index contributed by atoms with van der Waals surface area (Å²) >= 11 is 0. The van der Waals surface area contributed by atoms with Crippen molar-refractivity contribution in [3.63, 3.8) is 0 Å². The number of fused-ring (bicyclic) bond motifs is 2. The first-order chi connectivity index (χ1) is 33.4. The second-order valence-corrected chi connectivity index (χ2v) is 24.1. The number of pyridine rings is 1. The Kier molecular flexibility index (Phi) is 14.1. The molecule has 0 aliphatic rings. The molecule has 0 unspecified atom stereocenters. The van der Waals surface area contributed by atoms with Gasteiger partial charge in [-0.3, -0.25) is 9.55 Å². The molecule has 2 aromatic heterocycles. The van der Waals surface area contributed by atoms with Gasteiger partial charge in [-0.05, 0) is 96.0 Å². The Morgan fingerprint density at radius 3 is 1.75 bits per heavy atom. The molecule has 9 aromatic rings. The number of para-hydroxylation sites is 1. The molecule has 72 heavy (non-hydrogen) atoms. The predicted molar refractivity (Wildman–Crippen MR) is 301 cm³/mol. The van der Waals surface area contributed by atoms with Gasteiger partial charge in [-0.15, -0.1) is 29.3 Å². The SMILES string of the molecule is CC(C)c1cc(C(C)(C)C)cc(C(C)C)c1-n1c(-c2cc(C(C)(C)C)cc(C(C)(C)C)c2O)nc2c(-c3[c-]c(-c4cc(-c5ccccc5)ccn4)cc(C(C)(C)c4ccc5ccccc5c4)c3)cccc21.[Pt]. The first-order valence-electron chi connectivity index (χ1n) is 25.6. The van der Waals surface area contributed by atoms with Crippen molar-refractivity contribution in [2.45, 2.75) is 137 Å². The molecule has 0 aliphatic carbocycles. The van der Waals surface area contributed by atoms with E-state index in [1.807, 2.05) is 6.20 Å². The number of hydrogen-bond acceptors (Lipinski definition) is 3. The number of hydrogen-bond donors (Lipinski definition) is 1. The smallest absolute Gasteiger partial charge is 0.148 e. The fourth-order valence-electron chi connectivity index (χ4n) is 10.1. The second kappa shape index (κ2) is 19.4. The van der Waals surface area contributed by atoms with E-state index in [2.05, 4.69) is 254 Å². The van der Waals surface area contributed by atoms with Crippen LogP contribution >= 0.6 is 0 Å². The molecular formula is C67H72N3OPt-. The standard InChI is InChI=1S/C67H72N3O.Pt/c1-41(2)54-37-50(64(5,6)7)38-55(42(3)4)61(54)70-59-27-21-26-53(60(59)69-63(70)56-39-51(65(8,9)10)40-57(62(56)71)66(11,12)13)47-32-48(58-36-46(30-31-68-58)43-22-17-16-18-23-43)35-52(34-47)67(14,15)49-29-28-44-24-19-20-25-45(44)33-49;/h16-31,33-42,71H,1-15H3;/q-1;. The van der Waals surface area contributed by atoms with Gasteiger partial charge in [0.15, 0.2) is 0 Å². The fourth-order valence-corrected chi connectivity index (χ4v) is 10.1. The zero-order valence-electron chi connectivity index (χ0n) is 45.1. The summed E-state index contributed by atoms with van der Waals surface area (Å²) in [4.78, 5) is 10.9. The molecule has 7 aromatic carbocycles. The predicted octanol–water partition coefficient (Wildman–Crippen LogP) is 18.2. The topological polar surface area (TPSA) is 50.9 Å². The van der Waals surface area contributed by atoms with Crippen LogP contribution in [0.4, 0.5) is 0 Å². The second-order valence-electron chi connectivity index (χ2n) is 24.1. The van der Waals surface area contributed by atoms with Crippen LogP contribution in [0.2, 0.25) is 0 Å². The van der Waals surface area contributed by atoms with Crippen molar-refractivity contribution in [1.29, 1.82) is 0 Å². The number of aromatic nitrogens is 3. The van der Waals surface area contributed by atoms with Crippen molar-refractivity contribution in [1.82, 2.24) is 14.5 Å². The Hall–Kier alpha value is -6.09. The Morgan fingerprint density at radius 2 is 1.12 bits per heavy atom. The molecule has 372 valence electrons. The molecule has 0 saturated heterocycles. The average Bonchev–Trinajstić information content (AvgIpc) is 3.71. The number of aromatic hydroxyl groups is 1. The van der Waals surface area contributed by atoms with Crippen LogP contribution in [-0.2, 0) is 42.7 Å². The number of phenols is 1. The maximum atomic E-state index is 12.8. The van der Waals surface area contributed by atoms with Gasteiger partial charge >= 0.3 is 0 Å². The van der Waals surface area contributed by atoms with Crippen molar-refractivity contribution in [3.05, 3.63) is 191 Å². The van der Waals surface area contributed by atoms with Gasteiger partial charge in [0.25, 0.3) is 0 Å². The zero-order valence-corrected chi connectivity index (χ0v) is 47.4. The van der Waals surface area contributed by atoms with E-state index >= 15 is 0 Å². The van der Waals surface area contributed by atoms with Crippen LogP contribution in [0.25, 0.3) is 72.4 Å². The van der Waals surface area contributed by atoms with Gasteiger partial charge in [-0.1, -0.05) is 224 Å². The zero-order chi connectivity index (χ0) is 50.9. The molecule has 0 amide bonds. The summed E-state index contributed by atoms with van der Waals surface area (Å²) in [5, 5.41) is 15.2. The summed E-state index contributed by atoms with van der Waals surface area (Å²) in [7, 11) is 0. The molecule has 2 heterocycles. The molecule has 0 atom stereocenters. The third-order valence-corrected chi connectivity index (χ3v) is 14.7. The minimum atomic E-state index is -0.409. The maximum Gasteiger partial charge on any atom is 0.148 e. The molecule has 0 radical (unpaired) electrons. The van der Waals surface area contributed by atoms with Crippen LogP contribution in [-0.4, -0.2) is 19.6 Å². The molecular weight excluding hydrogens is 1060 g/mol. The minimum absolute atomic E-state index is 0. The van der Waals surface area contributed by atoms with Crippen molar-refractivity contribution in [2.24, 2.45) is 0 Å². The summed E-state index contributed by atoms with van der Waals surface area (Å²) in [6.07, 6.45) is 1.91. The molecule has 4 nitrogen and oxygen atoms in total. The summed E-state index contributed by atoms with van der Waals surface area (Å²) in [6, 6.07) is 54.6. The number of benzene rings is 7. The van der Waals surface area contributed by atoms with Crippen molar-refractivity contribution in [2.75, 3.05) is 0 Å². The molecule has 0 aliphatic heterocycles. The fraction of sp³-hybridized carbons (Fsp3) is 0.313. The van der Waals surface area contributed by atoms with E-state index in [9.17, 15) is 5.11 Å². The third kappa shape index (κ3) is 9.89. The molecule has 0 bridgehead atoms. The molecule has 1 N–H and O–H groups in total. The van der Waals surface area contributed by atoms with Crippen LogP contribution in [0.5, 0.6) is 5.75 Å². The maximum absolute atomic E-state index is 12.8. The number of nitrogens with zero attached hydrogens (tertiary/aromatic N) is 3. The van der Waals surface area contributed by atoms with E-state index < -0.39 is 5.41 Å². The minimum Gasteiger partial charge on any atom is -0.507 e. The molecule has 0 saturated carbocycles. The normalized spacial score (nSPS) is 12.6. The van der Waals surface area contributed by atoms with Crippen LogP contribution in [0.15, 0.2) is 146 Å². The number of rotatable bonds is 9. The molecule has 0 fully saturated rings.